The molecule has 0 rings (SSSR count). The Bertz CT molecular complexity index is 1200. The Labute approximate surface area is 365 Å². The lowest BCUT2D eigenvalue weighted by Gasteiger charge is -2.26. The monoisotopic (exact) mass is 922 g/mol. The van der Waals surface area contributed by atoms with E-state index in [-0.39, 0.29) is 45.8 Å². The van der Waals surface area contributed by atoms with Gasteiger partial charge in [-0.15, -0.1) is 0 Å². The van der Waals surface area contributed by atoms with E-state index in [1.165, 1.54) is 0 Å². The van der Waals surface area contributed by atoms with Crippen LogP contribution in [0.3, 0.4) is 0 Å². The number of rotatable bonds is 44. The van der Waals surface area contributed by atoms with Gasteiger partial charge in [-0.25, -0.2) is 0 Å². The first kappa shape index (κ1) is 60.0. The summed E-state index contributed by atoms with van der Waals surface area (Å²) in [5.74, 6) is -2.34. The Morgan fingerprint density at radius 1 is 0.476 bits per heavy atom. The number of carbonyl (C=O) groups excluding carboxylic acids is 3. The SMILES string of the molecule is [N-]=[N+]=NCCOCCOCCOCCOCCOCCOCCOCCOCCC(=O)N[C@@H](CCC(=O)NC[C@H](O)[C@@H](O)[C@H](O)[C@H](O)CO)C(=O)NC[C@H](O)[C@@H](O)[C@H](O)[C@H](O)CO. The van der Waals surface area contributed by atoms with Crippen LogP contribution in [-0.2, 0) is 52.3 Å². The van der Waals surface area contributed by atoms with E-state index in [2.05, 4.69) is 26.0 Å². The molecule has 63 heavy (non-hydrogen) atoms. The van der Waals surface area contributed by atoms with Crippen molar-refractivity contribution in [3.05, 3.63) is 10.4 Å². The summed E-state index contributed by atoms with van der Waals surface area (Å²) in [6.07, 6.45) is -15.9. The summed E-state index contributed by atoms with van der Waals surface area (Å²) in [6, 6.07) is -1.38. The molecular formula is C36H70N6O21. The predicted octanol–water partition coefficient (Wildman–Crippen LogP) is -6.81. The normalized spacial score (nSPS) is 15.8. The summed E-state index contributed by atoms with van der Waals surface area (Å²) in [4.78, 5) is 40.7. The smallest absolute Gasteiger partial charge is 0.242 e. The first-order valence-electron chi connectivity index (χ1n) is 20.4. The van der Waals surface area contributed by atoms with Crippen LogP contribution in [0.1, 0.15) is 19.3 Å². The van der Waals surface area contributed by atoms with Crippen LogP contribution in [0.4, 0.5) is 0 Å². The van der Waals surface area contributed by atoms with Crippen molar-refractivity contribution in [3.63, 3.8) is 0 Å². The molecule has 0 fully saturated rings. The number of nitrogens with zero attached hydrogens (tertiary/aromatic N) is 3. The molecule has 0 aromatic carbocycles. The molecule has 0 heterocycles. The van der Waals surface area contributed by atoms with Gasteiger partial charge in [-0.1, -0.05) is 5.11 Å². The van der Waals surface area contributed by atoms with Crippen LogP contribution in [0, 0.1) is 0 Å². The molecule has 0 saturated carbocycles. The highest BCUT2D eigenvalue weighted by atomic mass is 16.6. The highest BCUT2D eigenvalue weighted by Gasteiger charge is 2.32. The van der Waals surface area contributed by atoms with Gasteiger partial charge in [-0.3, -0.25) is 14.4 Å². The van der Waals surface area contributed by atoms with E-state index >= 15 is 0 Å². The highest BCUT2D eigenvalue weighted by molar-refractivity contribution is 5.88. The average molecular weight is 923 g/mol. The first-order chi connectivity index (χ1) is 30.3. The number of aliphatic hydroxyl groups excluding tert-OH is 10. The summed E-state index contributed by atoms with van der Waals surface area (Å²) in [5, 5.41) is 107. The maximum atomic E-state index is 13.0. The van der Waals surface area contributed by atoms with Gasteiger partial charge in [0.15, 0.2) is 0 Å². The number of amides is 3. The van der Waals surface area contributed by atoms with E-state index in [1.54, 1.807) is 0 Å². The quantitative estimate of drug-likeness (QED) is 0.0117. The Morgan fingerprint density at radius 2 is 0.825 bits per heavy atom. The van der Waals surface area contributed by atoms with Gasteiger partial charge in [-0.05, 0) is 12.0 Å². The third kappa shape index (κ3) is 32.3. The molecule has 27 heteroatoms. The number of carbonyl (C=O) groups is 3. The van der Waals surface area contributed by atoms with Gasteiger partial charge in [-0.2, -0.15) is 0 Å². The third-order valence-corrected chi connectivity index (χ3v) is 8.43. The molecule has 0 radical (unpaired) electrons. The minimum absolute atomic E-state index is 0.0727. The van der Waals surface area contributed by atoms with E-state index in [9.17, 15) is 55.2 Å². The third-order valence-electron chi connectivity index (χ3n) is 8.43. The molecule has 13 N–H and O–H groups in total. The van der Waals surface area contributed by atoms with Gasteiger partial charge < -0.3 is 105 Å². The minimum atomic E-state index is -1.98. The van der Waals surface area contributed by atoms with Gasteiger partial charge in [0.2, 0.25) is 17.7 Å². The summed E-state index contributed by atoms with van der Waals surface area (Å²) in [6.45, 7) is 2.35. The fourth-order valence-electron chi connectivity index (χ4n) is 4.77. The lowest BCUT2D eigenvalue weighted by molar-refractivity contribution is -0.132. The van der Waals surface area contributed by atoms with Crippen molar-refractivity contribution < 1.29 is 103 Å². The standard InChI is InChI=1S/C36H70N6O21/c37-42-40-4-6-57-8-10-59-12-14-61-16-18-63-20-19-62-17-15-60-13-11-58-9-7-56-5-3-31(50)41-25(36(55)39-22-27(46)33(52)35(54)29(48)24-44)1-2-30(49)38-21-26(45)32(51)34(53)28(47)23-43/h25-29,32-35,43-48,51-54H,1-24H2,(H,38,49)(H,39,55)(H,41,50)/t25-,26-,27-,28+,29+,32+,33+,34+,35+/m0/s1. The number of aliphatic hydroxyl groups is 10. The molecule has 0 aromatic rings. The second-order valence-corrected chi connectivity index (χ2v) is 13.4. The van der Waals surface area contributed by atoms with Crippen LogP contribution >= 0.6 is 0 Å². The Morgan fingerprint density at radius 3 is 1.21 bits per heavy atom. The Kier molecular flexibility index (Phi) is 38.6. The topological polar surface area (TPSA) is 412 Å². The second-order valence-electron chi connectivity index (χ2n) is 13.4. The molecule has 370 valence electrons. The van der Waals surface area contributed by atoms with E-state index in [0.29, 0.717) is 79.3 Å². The number of nitrogens with one attached hydrogen (secondary N) is 3. The molecule has 9 atom stereocenters. The molecule has 0 unspecified atom stereocenters. The number of ether oxygens (including phenoxy) is 8. The summed E-state index contributed by atoms with van der Waals surface area (Å²) < 4.78 is 43.0. The summed E-state index contributed by atoms with van der Waals surface area (Å²) in [7, 11) is 0. The van der Waals surface area contributed by atoms with E-state index in [0.717, 1.165) is 0 Å². The van der Waals surface area contributed by atoms with Gasteiger partial charge in [0, 0.05) is 37.4 Å². The average Bonchev–Trinajstić information content (AvgIpc) is 3.29. The molecule has 3 amide bonds. The van der Waals surface area contributed by atoms with Gasteiger partial charge in [0.25, 0.3) is 0 Å². The van der Waals surface area contributed by atoms with E-state index in [4.69, 9.17) is 53.6 Å². The fourth-order valence-corrected chi connectivity index (χ4v) is 4.77. The zero-order valence-corrected chi connectivity index (χ0v) is 35.5. The van der Waals surface area contributed by atoms with Crippen molar-refractivity contribution in [2.24, 2.45) is 5.11 Å². The Balaban J connectivity index is 4.31. The van der Waals surface area contributed by atoms with Gasteiger partial charge in [0.1, 0.15) is 42.7 Å². The lowest BCUT2D eigenvalue weighted by Crippen LogP contribution is -2.53. The van der Waals surface area contributed by atoms with Crippen LogP contribution in [0.25, 0.3) is 10.4 Å². The van der Waals surface area contributed by atoms with Crippen molar-refractivity contribution in [2.45, 2.75) is 74.1 Å². The first-order valence-corrected chi connectivity index (χ1v) is 20.4. The molecule has 0 bridgehead atoms. The van der Waals surface area contributed by atoms with Gasteiger partial charge >= 0.3 is 0 Å². The molecular weight excluding hydrogens is 852 g/mol. The zero-order chi connectivity index (χ0) is 47.1. The van der Waals surface area contributed by atoms with Crippen LogP contribution < -0.4 is 16.0 Å². The highest BCUT2D eigenvalue weighted by Crippen LogP contribution is 2.07. The summed E-state index contributed by atoms with van der Waals surface area (Å²) in [5.41, 5.74) is 8.16. The van der Waals surface area contributed by atoms with Gasteiger partial charge in [0.05, 0.1) is 131 Å². The summed E-state index contributed by atoms with van der Waals surface area (Å²) >= 11 is 0. The second kappa shape index (κ2) is 40.5. The van der Waals surface area contributed by atoms with Crippen LogP contribution in [0.15, 0.2) is 5.11 Å². The fraction of sp³-hybridized carbons (Fsp3) is 0.917. The van der Waals surface area contributed by atoms with Crippen LogP contribution in [-0.4, -0.2) is 262 Å². The van der Waals surface area contributed by atoms with Crippen LogP contribution in [0.5, 0.6) is 0 Å². The molecule has 0 aliphatic carbocycles. The molecule has 0 aliphatic rings. The van der Waals surface area contributed by atoms with E-state index < -0.39 is 105 Å². The van der Waals surface area contributed by atoms with Crippen molar-refractivity contribution >= 4 is 17.7 Å². The number of hydrogen-bond donors (Lipinski definition) is 13. The van der Waals surface area contributed by atoms with Crippen molar-refractivity contribution in [3.8, 4) is 0 Å². The number of hydrogen-bond acceptors (Lipinski definition) is 22. The molecule has 0 saturated heterocycles. The van der Waals surface area contributed by atoms with E-state index in [1.807, 2.05) is 0 Å². The Hall–Kier alpha value is -3.00. The molecule has 0 spiro atoms. The van der Waals surface area contributed by atoms with Crippen LogP contribution in [0.2, 0.25) is 0 Å². The van der Waals surface area contributed by atoms with Crippen molar-refractivity contribution in [1.82, 2.24) is 16.0 Å². The molecule has 0 aliphatic heterocycles. The molecule has 27 nitrogen and oxygen atoms in total. The number of azide groups is 1. The van der Waals surface area contributed by atoms with Crippen molar-refractivity contribution in [2.75, 3.05) is 139 Å². The lowest BCUT2D eigenvalue weighted by atomic mass is 10.0. The zero-order valence-electron chi connectivity index (χ0n) is 35.5. The molecule has 0 aromatic heterocycles. The maximum absolute atomic E-state index is 13.0. The maximum Gasteiger partial charge on any atom is 0.242 e. The largest absolute Gasteiger partial charge is 0.394 e. The minimum Gasteiger partial charge on any atom is -0.394 e. The van der Waals surface area contributed by atoms with Crippen molar-refractivity contribution in [1.29, 1.82) is 0 Å². The predicted molar refractivity (Wildman–Crippen MR) is 215 cm³/mol.